The number of hydrogen-bond donors (Lipinski definition) is 2. The summed E-state index contributed by atoms with van der Waals surface area (Å²) in [6.07, 6.45) is 5.60. The predicted octanol–water partition coefficient (Wildman–Crippen LogP) is 4.83. The van der Waals surface area contributed by atoms with E-state index < -0.39 is 0 Å². The Labute approximate surface area is 174 Å². The number of pyridine rings is 1. The van der Waals surface area contributed by atoms with Crippen molar-refractivity contribution < 1.29 is 9.47 Å². The average molecular weight is 413 g/mol. The second-order valence-electron chi connectivity index (χ2n) is 7.63. The Hall–Kier alpha value is -2.50. The number of fused-ring (bicyclic) bond motifs is 1. The molecule has 0 aliphatic heterocycles. The van der Waals surface area contributed by atoms with Crippen LogP contribution in [0.3, 0.4) is 0 Å². The Kier molecular flexibility index (Phi) is 5.79. The second-order valence-corrected chi connectivity index (χ2v) is 8.04. The smallest absolute Gasteiger partial charge is 0.255 e. The summed E-state index contributed by atoms with van der Waals surface area (Å²) in [5.74, 6) is 1.90. The van der Waals surface area contributed by atoms with Crippen LogP contribution in [0.25, 0.3) is 10.8 Å². The molecule has 0 amide bonds. The van der Waals surface area contributed by atoms with E-state index in [2.05, 4.69) is 4.98 Å². The van der Waals surface area contributed by atoms with Crippen LogP contribution in [0, 0.1) is 5.92 Å². The molecule has 1 aliphatic carbocycles. The minimum Gasteiger partial charge on any atom is -0.497 e. The molecule has 5 nitrogen and oxygen atoms in total. The zero-order valence-corrected chi connectivity index (χ0v) is 17.1. The highest BCUT2D eigenvalue weighted by Crippen LogP contribution is 2.37. The third kappa shape index (κ3) is 4.26. The van der Waals surface area contributed by atoms with Crippen molar-refractivity contribution in [1.82, 2.24) is 4.98 Å². The highest BCUT2D eigenvalue weighted by atomic mass is 35.5. The van der Waals surface area contributed by atoms with Crippen molar-refractivity contribution in [2.75, 3.05) is 7.11 Å². The molecule has 1 heterocycles. The predicted molar refractivity (Wildman–Crippen MR) is 116 cm³/mol. The molecule has 1 atom stereocenters. The van der Waals surface area contributed by atoms with Gasteiger partial charge in [0.15, 0.2) is 0 Å². The molecule has 3 N–H and O–H groups in total. The van der Waals surface area contributed by atoms with Crippen molar-refractivity contribution in [3.05, 3.63) is 69.6 Å². The molecular weight excluding hydrogens is 388 g/mol. The molecule has 152 valence electrons. The van der Waals surface area contributed by atoms with Gasteiger partial charge in [-0.05, 0) is 72.9 Å². The lowest BCUT2D eigenvalue weighted by atomic mass is 9.80. The van der Waals surface area contributed by atoms with E-state index in [1.165, 1.54) is 0 Å². The number of nitrogens with one attached hydrogen (secondary N) is 1. The molecule has 2 aromatic carbocycles. The standard InChI is InChI=1S/C23H25ClN2O3/c1-28-17-6-2-14(3-7-17)22(25)15-4-8-18(9-5-15)29-21-12-16-10-11-26-23(27)19(16)13-20(21)24/h2-3,6-7,10-13,15,18,22H,4-5,8-9,25H2,1H3,(H,26,27)/t15-,18-,22?. The van der Waals surface area contributed by atoms with E-state index in [1.54, 1.807) is 19.4 Å². The molecule has 0 bridgehead atoms. The Balaban J connectivity index is 1.40. The number of hydrogen-bond acceptors (Lipinski definition) is 4. The molecule has 1 fully saturated rings. The fourth-order valence-corrected chi connectivity index (χ4v) is 4.33. The summed E-state index contributed by atoms with van der Waals surface area (Å²) in [5, 5.41) is 1.86. The molecule has 4 rings (SSSR count). The van der Waals surface area contributed by atoms with Gasteiger partial charge in [-0.15, -0.1) is 0 Å². The van der Waals surface area contributed by atoms with E-state index in [9.17, 15) is 4.79 Å². The van der Waals surface area contributed by atoms with Crippen LogP contribution in [-0.4, -0.2) is 18.2 Å². The molecule has 1 unspecified atom stereocenters. The largest absolute Gasteiger partial charge is 0.497 e. The van der Waals surface area contributed by atoms with Gasteiger partial charge in [-0.25, -0.2) is 0 Å². The fourth-order valence-electron chi connectivity index (χ4n) is 4.12. The maximum atomic E-state index is 11.9. The minimum absolute atomic E-state index is 0.0119. The molecule has 3 aromatic rings. The van der Waals surface area contributed by atoms with Crippen molar-refractivity contribution in [2.45, 2.75) is 37.8 Å². The van der Waals surface area contributed by atoms with Crippen LogP contribution in [-0.2, 0) is 0 Å². The van der Waals surface area contributed by atoms with Gasteiger partial charge in [-0.2, -0.15) is 0 Å². The maximum Gasteiger partial charge on any atom is 0.255 e. The first-order chi connectivity index (χ1) is 14.0. The quantitative estimate of drug-likeness (QED) is 0.629. The van der Waals surface area contributed by atoms with Gasteiger partial charge in [0, 0.05) is 17.6 Å². The van der Waals surface area contributed by atoms with Gasteiger partial charge >= 0.3 is 0 Å². The minimum atomic E-state index is -0.149. The number of nitrogens with two attached hydrogens (primary N) is 1. The van der Waals surface area contributed by atoms with E-state index in [0.717, 1.165) is 42.4 Å². The molecule has 1 aromatic heterocycles. The zero-order chi connectivity index (χ0) is 20.4. The zero-order valence-electron chi connectivity index (χ0n) is 16.4. The van der Waals surface area contributed by atoms with Gasteiger partial charge in [-0.3, -0.25) is 4.79 Å². The van der Waals surface area contributed by atoms with Gasteiger partial charge in [0.2, 0.25) is 0 Å². The Morgan fingerprint density at radius 3 is 2.52 bits per heavy atom. The number of methoxy groups -OCH3 is 1. The SMILES string of the molecule is COc1ccc(C(N)[C@H]2CC[C@H](Oc3cc4cc[nH]c(=O)c4cc3Cl)CC2)cc1. The first-order valence-electron chi connectivity index (χ1n) is 9.92. The maximum absolute atomic E-state index is 11.9. The van der Waals surface area contributed by atoms with Crippen LogP contribution >= 0.6 is 11.6 Å². The van der Waals surface area contributed by atoms with Crippen LogP contribution in [0.15, 0.2) is 53.5 Å². The average Bonchev–Trinajstić information content (AvgIpc) is 2.75. The number of benzene rings is 2. The van der Waals surface area contributed by atoms with Crippen molar-refractivity contribution in [3.8, 4) is 11.5 Å². The summed E-state index contributed by atoms with van der Waals surface area (Å²) in [4.78, 5) is 14.6. The topological polar surface area (TPSA) is 77.3 Å². The van der Waals surface area contributed by atoms with E-state index in [1.807, 2.05) is 36.4 Å². The Morgan fingerprint density at radius 2 is 1.83 bits per heavy atom. The molecule has 0 spiro atoms. The van der Waals surface area contributed by atoms with Crippen molar-refractivity contribution >= 4 is 22.4 Å². The van der Waals surface area contributed by atoms with Crippen LogP contribution < -0.4 is 20.8 Å². The van der Waals surface area contributed by atoms with Crippen molar-refractivity contribution in [1.29, 1.82) is 0 Å². The first kappa shape index (κ1) is 19.8. The van der Waals surface area contributed by atoms with Gasteiger partial charge < -0.3 is 20.2 Å². The first-order valence-corrected chi connectivity index (χ1v) is 10.3. The fraction of sp³-hybridized carbons (Fsp3) is 0.348. The van der Waals surface area contributed by atoms with Crippen LogP contribution in [0.4, 0.5) is 0 Å². The molecule has 1 saturated carbocycles. The summed E-state index contributed by atoms with van der Waals surface area (Å²) in [6.45, 7) is 0. The highest BCUT2D eigenvalue weighted by Gasteiger charge is 2.28. The molecule has 0 saturated heterocycles. The third-order valence-corrected chi connectivity index (χ3v) is 6.14. The summed E-state index contributed by atoms with van der Waals surface area (Å²) >= 11 is 6.37. The van der Waals surface area contributed by atoms with Gasteiger partial charge in [0.25, 0.3) is 5.56 Å². The summed E-state index contributed by atoms with van der Waals surface area (Å²) in [6, 6.07) is 13.4. The van der Waals surface area contributed by atoms with E-state index in [0.29, 0.717) is 22.1 Å². The number of aromatic nitrogens is 1. The summed E-state index contributed by atoms with van der Waals surface area (Å²) in [7, 11) is 1.66. The summed E-state index contributed by atoms with van der Waals surface area (Å²) in [5.41, 5.74) is 7.51. The number of rotatable bonds is 5. The third-order valence-electron chi connectivity index (χ3n) is 5.85. The molecule has 6 heteroatoms. The van der Waals surface area contributed by atoms with Gasteiger partial charge in [0.1, 0.15) is 11.5 Å². The second kappa shape index (κ2) is 8.47. The van der Waals surface area contributed by atoms with Crippen molar-refractivity contribution in [2.24, 2.45) is 11.7 Å². The Morgan fingerprint density at radius 1 is 1.10 bits per heavy atom. The number of ether oxygens (including phenoxy) is 2. The molecule has 29 heavy (non-hydrogen) atoms. The lowest BCUT2D eigenvalue weighted by Crippen LogP contribution is -2.30. The molecule has 0 radical (unpaired) electrons. The monoisotopic (exact) mass is 412 g/mol. The lowest BCUT2D eigenvalue weighted by Gasteiger charge is -2.32. The normalized spacial score (nSPS) is 20.4. The lowest BCUT2D eigenvalue weighted by molar-refractivity contribution is 0.123. The van der Waals surface area contributed by atoms with E-state index >= 15 is 0 Å². The highest BCUT2D eigenvalue weighted by molar-refractivity contribution is 6.32. The summed E-state index contributed by atoms with van der Waals surface area (Å²) < 4.78 is 11.4. The van der Waals surface area contributed by atoms with Gasteiger partial charge in [-0.1, -0.05) is 23.7 Å². The van der Waals surface area contributed by atoms with Gasteiger partial charge in [0.05, 0.1) is 18.2 Å². The van der Waals surface area contributed by atoms with Crippen LogP contribution in [0.1, 0.15) is 37.3 Å². The molecular formula is C23H25ClN2O3. The number of H-pyrrole nitrogens is 1. The van der Waals surface area contributed by atoms with E-state index in [-0.39, 0.29) is 17.7 Å². The number of halogens is 1. The van der Waals surface area contributed by atoms with Crippen molar-refractivity contribution in [3.63, 3.8) is 0 Å². The van der Waals surface area contributed by atoms with E-state index in [4.69, 9.17) is 26.8 Å². The Bertz CT molecular complexity index is 1040. The van der Waals surface area contributed by atoms with Crippen LogP contribution in [0.2, 0.25) is 5.02 Å². The van der Waals surface area contributed by atoms with Crippen LogP contribution in [0.5, 0.6) is 11.5 Å². The molecule has 1 aliphatic rings. The number of aromatic amines is 1.